The van der Waals surface area contributed by atoms with Gasteiger partial charge in [0.2, 0.25) is 5.91 Å². The number of rotatable bonds is 4. The fourth-order valence-electron chi connectivity index (χ4n) is 1.27. The summed E-state index contributed by atoms with van der Waals surface area (Å²) in [5.74, 6) is -1.03. The van der Waals surface area contributed by atoms with Gasteiger partial charge in [-0.25, -0.2) is 5.32 Å². The molecule has 1 atom stereocenters. The SMILES string of the molecule is NC(=O)C(Cc1ccccc1)NC(F)(F)F. The van der Waals surface area contributed by atoms with E-state index in [-0.39, 0.29) is 6.42 Å². The molecule has 0 saturated heterocycles. The molecule has 3 N–H and O–H groups in total. The smallest absolute Gasteiger partial charge is 0.368 e. The Morgan fingerprint density at radius 1 is 1.31 bits per heavy atom. The number of primary amides is 1. The summed E-state index contributed by atoms with van der Waals surface area (Å²) in [4.78, 5) is 10.8. The van der Waals surface area contributed by atoms with E-state index in [4.69, 9.17) is 5.73 Å². The number of nitrogens with one attached hydrogen (secondary N) is 1. The van der Waals surface area contributed by atoms with Gasteiger partial charge in [-0.1, -0.05) is 30.3 Å². The number of halogens is 3. The number of alkyl halides is 3. The van der Waals surface area contributed by atoms with Crippen LogP contribution in [0.1, 0.15) is 5.56 Å². The van der Waals surface area contributed by atoms with E-state index in [2.05, 4.69) is 0 Å². The van der Waals surface area contributed by atoms with Crippen molar-refractivity contribution in [1.29, 1.82) is 0 Å². The average molecular weight is 232 g/mol. The Kier molecular flexibility index (Phi) is 3.89. The molecule has 1 amide bonds. The molecular weight excluding hydrogens is 221 g/mol. The fraction of sp³-hybridized carbons (Fsp3) is 0.300. The van der Waals surface area contributed by atoms with E-state index in [0.717, 1.165) is 0 Å². The van der Waals surface area contributed by atoms with Crippen LogP contribution >= 0.6 is 0 Å². The van der Waals surface area contributed by atoms with E-state index >= 15 is 0 Å². The van der Waals surface area contributed by atoms with E-state index in [1.54, 1.807) is 30.3 Å². The molecule has 0 heterocycles. The Hall–Kier alpha value is -1.56. The van der Waals surface area contributed by atoms with E-state index in [0.29, 0.717) is 5.56 Å². The lowest BCUT2D eigenvalue weighted by Gasteiger charge is -2.17. The minimum Gasteiger partial charge on any atom is -0.368 e. The zero-order valence-electron chi connectivity index (χ0n) is 8.29. The average Bonchev–Trinajstić information content (AvgIpc) is 2.16. The predicted octanol–water partition coefficient (Wildman–Crippen LogP) is 1.19. The highest BCUT2D eigenvalue weighted by atomic mass is 19.4. The summed E-state index contributed by atoms with van der Waals surface area (Å²) < 4.78 is 36.1. The largest absolute Gasteiger partial charge is 0.457 e. The van der Waals surface area contributed by atoms with Crippen LogP contribution in [0.4, 0.5) is 13.2 Å². The zero-order chi connectivity index (χ0) is 12.2. The number of hydrogen-bond acceptors (Lipinski definition) is 2. The third kappa shape index (κ3) is 4.31. The Morgan fingerprint density at radius 2 is 1.88 bits per heavy atom. The molecule has 6 heteroatoms. The van der Waals surface area contributed by atoms with Crippen LogP contribution in [0, 0.1) is 0 Å². The van der Waals surface area contributed by atoms with Crippen LogP contribution in [0.25, 0.3) is 0 Å². The summed E-state index contributed by atoms with van der Waals surface area (Å²) in [5, 5.41) is 1.23. The van der Waals surface area contributed by atoms with Gasteiger partial charge < -0.3 is 5.73 Å². The highest BCUT2D eigenvalue weighted by molar-refractivity contribution is 5.80. The Bertz CT molecular complexity index is 351. The van der Waals surface area contributed by atoms with Crippen LogP contribution in [0.15, 0.2) is 30.3 Å². The molecule has 1 unspecified atom stereocenters. The molecule has 0 radical (unpaired) electrons. The third-order valence-corrected chi connectivity index (χ3v) is 1.96. The second kappa shape index (κ2) is 4.98. The minimum absolute atomic E-state index is 0.0876. The molecule has 0 aliphatic carbocycles. The van der Waals surface area contributed by atoms with E-state index in [9.17, 15) is 18.0 Å². The van der Waals surface area contributed by atoms with Crippen LogP contribution in [0.3, 0.4) is 0 Å². The molecule has 0 fully saturated rings. The first-order chi connectivity index (χ1) is 7.38. The van der Waals surface area contributed by atoms with Gasteiger partial charge in [-0.3, -0.25) is 4.79 Å². The van der Waals surface area contributed by atoms with Gasteiger partial charge in [0, 0.05) is 0 Å². The summed E-state index contributed by atoms with van der Waals surface area (Å²) in [6.07, 6.45) is -4.70. The monoisotopic (exact) mass is 232 g/mol. The Morgan fingerprint density at radius 3 is 2.31 bits per heavy atom. The van der Waals surface area contributed by atoms with Crippen molar-refractivity contribution < 1.29 is 18.0 Å². The summed E-state index contributed by atoms with van der Waals surface area (Å²) in [7, 11) is 0. The highest BCUT2D eigenvalue weighted by Crippen LogP contribution is 2.13. The number of benzene rings is 1. The van der Waals surface area contributed by atoms with Crippen molar-refractivity contribution in [1.82, 2.24) is 5.32 Å². The van der Waals surface area contributed by atoms with E-state index in [1.165, 1.54) is 5.32 Å². The van der Waals surface area contributed by atoms with Gasteiger partial charge in [-0.15, -0.1) is 0 Å². The predicted molar refractivity (Wildman–Crippen MR) is 52.3 cm³/mol. The number of hydrogen-bond donors (Lipinski definition) is 2. The molecule has 0 bridgehead atoms. The molecule has 0 aliphatic rings. The van der Waals surface area contributed by atoms with E-state index in [1.807, 2.05) is 0 Å². The summed E-state index contributed by atoms with van der Waals surface area (Å²) in [5.41, 5.74) is 5.50. The Balaban J connectivity index is 2.70. The summed E-state index contributed by atoms with van der Waals surface area (Å²) >= 11 is 0. The molecule has 0 spiro atoms. The first-order valence-electron chi connectivity index (χ1n) is 4.56. The second-order valence-electron chi connectivity index (χ2n) is 3.29. The van der Waals surface area contributed by atoms with Gasteiger partial charge in [-0.2, -0.15) is 13.2 Å². The van der Waals surface area contributed by atoms with Crippen LogP contribution < -0.4 is 11.1 Å². The lowest BCUT2D eigenvalue weighted by Crippen LogP contribution is -2.49. The standard InChI is InChI=1S/C10H11F3N2O/c11-10(12,13)15-8(9(14)16)6-7-4-2-1-3-5-7/h1-5,8,15H,6H2,(H2,14,16). The molecular formula is C10H11F3N2O. The van der Waals surface area contributed by atoms with Gasteiger partial charge in [0.1, 0.15) is 0 Å². The summed E-state index contributed by atoms with van der Waals surface area (Å²) in [6, 6.07) is 6.92. The van der Waals surface area contributed by atoms with Crippen LogP contribution in [-0.2, 0) is 11.2 Å². The molecule has 0 saturated carbocycles. The van der Waals surface area contributed by atoms with Gasteiger partial charge in [0.15, 0.2) is 0 Å². The Labute approximate surface area is 90.4 Å². The van der Waals surface area contributed by atoms with Crippen molar-refractivity contribution in [2.75, 3.05) is 0 Å². The minimum atomic E-state index is -4.62. The molecule has 0 aromatic heterocycles. The van der Waals surface area contributed by atoms with Gasteiger partial charge >= 0.3 is 6.30 Å². The van der Waals surface area contributed by atoms with Crippen LogP contribution in [0.2, 0.25) is 0 Å². The zero-order valence-corrected chi connectivity index (χ0v) is 8.29. The second-order valence-corrected chi connectivity index (χ2v) is 3.29. The molecule has 3 nitrogen and oxygen atoms in total. The van der Waals surface area contributed by atoms with Crippen molar-refractivity contribution in [3.8, 4) is 0 Å². The molecule has 0 aliphatic heterocycles. The number of carbonyl (C=O) groups excluding carboxylic acids is 1. The van der Waals surface area contributed by atoms with Crippen molar-refractivity contribution in [2.24, 2.45) is 5.73 Å². The van der Waals surface area contributed by atoms with Gasteiger partial charge in [0.05, 0.1) is 6.04 Å². The number of nitrogens with two attached hydrogens (primary N) is 1. The van der Waals surface area contributed by atoms with Crippen molar-refractivity contribution in [3.05, 3.63) is 35.9 Å². The van der Waals surface area contributed by atoms with Gasteiger partial charge in [-0.05, 0) is 12.0 Å². The molecule has 1 rings (SSSR count). The number of amides is 1. The molecule has 88 valence electrons. The maximum Gasteiger partial charge on any atom is 0.457 e. The maximum absolute atomic E-state index is 12.0. The van der Waals surface area contributed by atoms with Crippen molar-refractivity contribution in [3.63, 3.8) is 0 Å². The molecule has 1 aromatic rings. The lowest BCUT2D eigenvalue weighted by atomic mass is 10.1. The van der Waals surface area contributed by atoms with Crippen molar-refractivity contribution >= 4 is 5.91 Å². The fourth-order valence-corrected chi connectivity index (χ4v) is 1.27. The maximum atomic E-state index is 12.0. The normalized spacial score (nSPS) is 13.4. The van der Waals surface area contributed by atoms with Gasteiger partial charge in [0.25, 0.3) is 0 Å². The molecule has 1 aromatic carbocycles. The van der Waals surface area contributed by atoms with E-state index < -0.39 is 18.2 Å². The molecule has 16 heavy (non-hydrogen) atoms. The third-order valence-electron chi connectivity index (χ3n) is 1.96. The number of carbonyl (C=O) groups is 1. The quantitative estimate of drug-likeness (QED) is 0.766. The summed E-state index contributed by atoms with van der Waals surface area (Å²) in [6.45, 7) is 0. The van der Waals surface area contributed by atoms with Crippen LogP contribution in [0.5, 0.6) is 0 Å². The topological polar surface area (TPSA) is 55.1 Å². The highest BCUT2D eigenvalue weighted by Gasteiger charge is 2.33. The first kappa shape index (κ1) is 12.5. The first-order valence-corrected chi connectivity index (χ1v) is 4.56. The van der Waals surface area contributed by atoms with Crippen molar-refractivity contribution in [2.45, 2.75) is 18.8 Å². The lowest BCUT2D eigenvalue weighted by molar-refractivity contribution is -0.167. The van der Waals surface area contributed by atoms with Crippen LogP contribution in [-0.4, -0.2) is 18.2 Å².